The molecule has 0 aromatic heterocycles. The number of rotatable bonds is 1. The van der Waals surface area contributed by atoms with Gasteiger partial charge in [-0.15, -0.1) is 0 Å². The van der Waals surface area contributed by atoms with Crippen LogP contribution in [-0.4, -0.2) is 15.0 Å². The van der Waals surface area contributed by atoms with Gasteiger partial charge in [0.25, 0.3) is 10.1 Å². The van der Waals surface area contributed by atoms with E-state index in [4.69, 9.17) is 4.18 Å². The van der Waals surface area contributed by atoms with E-state index in [0.717, 1.165) is 23.3 Å². The van der Waals surface area contributed by atoms with Crippen molar-refractivity contribution in [3.63, 3.8) is 0 Å². The van der Waals surface area contributed by atoms with E-state index in [0.29, 0.717) is 6.61 Å². The van der Waals surface area contributed by atoms with Crippen LogP contribution in [0.15, 0.2) is 11.0 Å². The van der Waals surface area contributed by atoms with E-state index >= 15 is 0 Å². The van der Waals surface area contributed by atoms with Crippen LogP contribution in [0.2, 0.25) is 0 Å². The lowest BCUT2D eigenvalue weighted by atomic mass is 9.48. The first kappa shape index (κ1) is 10.6. The monoisotopic (exact) mass is 254 g/mol. The van der Waals surface area contributed by atoms with Gasteiger partial charge in [-0.2, -0.15) is 8.42 Å². The molecule has 1 aliphatic heterocycles. The molecule has 0 atom stereocenters. The molecule has 4 heteroatoms. The fraction of sp³-hybridized carbons (Fsp3) is 0.846. The minimum Gasteiger partial charge on any atom is -0.262 e. The Bertz CT molecular complexity index is 454. The molecule has 4 saturated carbocycles. The molecule has 0 aromatic rings. The summed E-state index contributed by atoms with van der Waals surface area (Å²) in [7, 11) is -3.35. The number of hydrogen-bond donors (Lipinski definition) is 0. The molecule has 94 valence electrons. The third kappa shape index (κ3) is 1.53. The van der Waals surface area contributed by atoms with Gasteiger partial charge in [0.1, 0.15) is 0 Å². The summed E-state index contributed by atoms with van der Waals surface area (Å²) in [4.78, 5) is 0. The lowest BCUT2D eigenvalue weighted by molar-refractivity contribution is -0.0331. The smallest absolute Gasteiger partial charge is 0.262 e. The average Bonchev–Trinajstić information content (AvgIpc) is 2.57. The van der Waals surface area contributed by atoms with Crippen molar-refractivity contribution in [3.8, 4) is 0 Å². The quantitative estimate of drug-likeness (QED) is 0.675. The van der Waals surface area contributed by atoms with Gasteiger partial charge in [-0.3, -0.25) is 4.18 Å². The van der Waals surface area contributed by atoms with Crippen LogP contribution in [0.3, 0.4) is 0 Å². The largest absolute Gasteiger partial charge is 0.290 e. The molecule has 0 aromatic carbocycles. The fourth-order valence-electron chi connectivity index (χ4n) is 5.17. The zero-order chi connectivity index (χ0) is 11.7. The van der Waals surface area contributed by atoms with E-state index in [2.05, 4.69) is 0 Å². The van der Waals surface area contributed by atoms with E-state index in [-0.39, 0.29) is 5.41 Å². The Kier molecular flexibility index (Phi) is 1.96. The van der Waals surface area contributed by atoms with Gasteiger partial charge < -0.3 is 0 Å². The Hall–Kier alpha value is -0.350. The first-order valence-corrected chi connectivity index (χ1v) is 8.12. The van der Waals surface area contributed by atoms with Gasteiger partial charge in [-0.25, -0.2) is 0 Å². The maximum atomic E-state index is 11.4. The molecule has 5 rings (SSSR count). The van der Waals surface area contributed by atoms with Crippen LogP contribution >= 0.6 is 0 Å². The molecule has 0 unspecified atom stereocenters. The van der Waals surface area contributed by atoms with E-state index in [1.54, 1.807) is 0 Å². The van der Waals surface area contributed by atoms with Crippen LogP contribution in [0, 0.1) is 23.2 Å². The van der Waals surface area contributed by atoms with E-state index in [1.165, 1.54) is 43.9 Å². The highest BCUT2D eigenvalue weighted by atomic mass is 32.2. The molecule has 0 saturated heterocycles. The fourth-order valence-corrected chi connectivity index (χ4v) is 6.20. The Balaban J connectivity index is 1.74. The highest BCUT2D eigenvalue weighted by molar-refractivity contribution is 7.89. The van der Waals surface area contributed by atoms with E-state index < -0.39 is 10.1 Å². The minimum absolute atomic E-state index is 0.193. The van der Waals surface area contributed by atoms with Crippen molar-refractivity contribution in [1.82, 2.24) is 0 Å². The molecule has 4 fully saturated rings. The van der Waals surface area contributed by atoms with Crippen molar-refractivity contribution in [2.45, 2.75) is 38.5 Å². The Morgan fingerprint density at radius 3 is 2.00 bits per heavy atom. The van der Waals surface area contributed by atoms with Crippen LogP contribution in [0.25, 0.3) is 0 Å². The van der Waals surface area contributed by atoms with Crippen LogP contribution in [-0.2, 0) is 14.3 Å². The van der Waals surface area contributed by atoms with Crippen molar-refractivity contribution >= 4 is 10.1 Å². The van der Waals surface area contributed by atoms with Gasteiger partial charge in [-0.1, -0.05) is 0 Å². The van der Waals surface area contributed by atoms with Crippen molar-refractivity contribution in [2.24, 2.45) is 23.2 Å². The zero-order valence-electron chi connectivity index (χ0n) is 9.89. The highest BCUT2D eigenvalue weighted by Gasteiger charge is 2.53. The van der Waals surface area contributed by atoms with Crippen molar-refractivity contribution in [3.05, 3.63) is 11.0 Å². The molecule has 0 amide bonds. The highest BCUT2D eigenvalue weighted by Crippen LogP contribution is 2.63. The summed E-state index contributed by atoms with van der Waals surface area (Å²) in [6, 6.07) is 0. The van der Waals surface area contributed by atoms with Gasteiger partial charge in [0.2, 0.25) is 0 Å². The maximum Gasteiger partial charge on any atom is 0.290 e. The van der Waals surface area contributed by atoms with E-state index in [9.17, 15) is 8.42 Å². The Morgan fingerprint density at radius 1 is 1.06 bits per heavy atom. The summed E-state index contributed by atoms with van der Waals surface area (Å²) < 4.78 is 27.8. The molecule has 1 heterocycles. The molecule has 0 spiro atoms. The second-order valence-electron chi connectivity index (χ2n) is 6.60. The summed E-state index contributed by atoms with van der Waals surface area (Å²) in [5, 5.41) is 1.43. The predicted octanol–water partition coefficient (Wildman–Crippen LogP) is 2.45. The van der Waals surface area contributed by atoms with Gasteiger partial charge in [-0.05, 0) is 67.3 Å². The SMILES string of the molecule is O=S1(=O)C=C(C23CC4CC(CC(C4)C2)C3)CO1. The lowest BCUT2D eigenvalue weighted by Gasteiger charge is -2.57. The molecule has 5 aliphatic rings. The van der Waals surface area contributed by atoms with Crippen LogP contribution in [0.4, 0.5) is 0 Å². The first-order chi connectivity index (χ1) is 8.05. The molecule has 17 heavy (non-hydrogen) atoms. The van der Waals surface area contributed by atoms with Crippen molar-refractivity contribution in [2.75, 3.05) is 6.61 Å². The number of hydrogen-bond acceptors (Lipinski definition) is 3. The summed E-state index contributed by atoms with van der Waals surface area (Å²) >= 11 is 0. The third-order valence-corrected chi connectivity index (χ3v) is 6.40. The van der Waals surface area contributed by atoms with Crippen LogP contribution in [0.5, 0.6) is 0 Å². The summed E-state index contributed by atoms with van der Waals surface area (Å²) in [6.45, 7) is 0.328. The first-order valence-electron chi connectivity index (χ1n) is 6.65. The van der Waals surface area contributed by atoms with E-state index in [1.807, 2.05) is 0 Å². The normalized spacial score (nSPS) is 50.6. The summed E-state index contributed by atoms with van der Waals surface area (Å²) in [5.41, 5.74) is 1.27. The van der Waals surface area contributed by atoms with Crippen molar-refractivity contribution < 1.29 is 12.6 Å². The van der Waals surface area contributed by atoms with Gasteiger partial charge >= 0.3 is 0 Å². The molecule has 4 aliphatic carbocycles. The molecular formula is C13H18O3S. The topological polar surface area (TPSA) is 43.4 Å². The third-order valence-electron chi connectivity index (χ3n) is 5.38. The average molecular weight is 254 g/mol. The molecular weight excluding hydrogens is 236 g/mol. The second-order valence-corrected chi connectivity index (χ2v) is 8.05. The van der Waals surface area contributed by atoms with Gasteiger partial charge in [0, 0.05) is 0 Å². The summed E-state index contributed by atoms with van der Waals surface area (Å²) in [5.74, 6) is 2.56. The Morgan fingerprint density at radius 2 is 1.59 bits per heavy atom. The standard InChI is InChI=1S/C13H18O3S/c14-17(15)8-12(7-16-17)13-4-9-1-10(5-13)3-11(2-9)6-13/h8-11H,1-7H2. The minimum atomic E-state index is -3.35. The van der Waals surface area contributed by atoms with Crippen LogP contribution in [0.1, 0.15) is 38.5 Å². The van der Waals surface area contributed by atoms with Gasteiger partial charge in [0.15, 0.2) is 0 Å². The molecule has 0 radical (unpaired) electrons. The van der Waals surface area contributed by atoms with Crippen molar-refractivity contribution in [1.29, 1.82) is 0 Å². The zero-order valence-corrected chi connectivity index (χ0v) is 10.7. The predicted molar refractivity (Wildman–Crippen MR) is 63.6 cm³/mol. The lowest BCUT2D eigenvalue weighted by Crippen LogP contribution is -2.47. The molecule has 4 bridgehead atoms. The van der Waals surface area contributed by atoms with Gasteiger partial charge in [0.05, 0.1) is 12.0 Å². The molecule has 0 N–H and O–H groups in total. The maximum absolute atomic E-state index is 11.4. The summed E-state index contributed by atoms with van der Waals surface area (Å²) in [6.07, 6.45) is 7.80. The van der Waals surface area contributed by atoms with Crippen LogP contribution < -0.4 is 0 Å². The Labute approximate surface area is 102 Å². The molecule has 3 nitrogen and oxygen atoms in total. The second kappa shape index (κ2) is 3.15.